The van der Waals surface area contributed by atoms with Crippen LogP contribution in [-0.2, 0) is 10.8 Å². The monoisotopic (exact) mass is 293 g/mol. The zero-order chi connectivity index (χ0) is 14.7. The van der Waals surface area contributed by atoms with Crippen molar-refractivity contribution in [3.8, 4) is 0 Å². The van der Waals surface area contributed by atoms with E-state index in [2.05, 4.69) is 10.3 Å². The van der Waals surface area contributed by atoms with Crippen molar-refractivity contribution in [1.82, 2.24) is 4.98 Å². The van der Waals surface area contributed by atoms with Crippen LogP contribution in [0.4, 0.5) is 11.4 Å². The molecule has 106 valence electrons. The molecule has 0 saturated heterocycles. The van der Waals surface area contributed by atoms with Crippen molar-refractivity contribution in [1.29, 1.82) is 0 Å². The molecule has 0 bridgehead atoms. The van der Waals surface area contributed by atoms with E-state index >= 15 is 0 Å². The Kier molecular flexibility index (Phi) is 4.29. The van der Waals surface area contributed by atoms with Crippen LogP contribution in [-0.4, -0.2) is 32.7 Å². The van der Waals surface area contributed by atoms with Gasteiger partial charge in [0.05, 0.1) is 10.4 Å². The minimum Gasteiger partial charge on any atom is -0.384 e. The van der Waals surface area contributed by atoms with Crippen molar-refractivity contribution in [3.63, 3.8) is 0 Å². The fourth-order valence-electron chi connectivity index (χ4n) is 1.94. The van der Waals surface area contributed by atoms with Crippen molar-refractivity contribution >= 4 is 33.1 Å². The van der Waals surface area contributed by atoms with E-state index in [9.17, 15) is 14.3 Å². The summed E-state index contributed by atoms with van der Waals surface area (Å²) in [5.41, 5.74) is 2.34. The van der Waals surface area contributed by atoms with Crippen LogP contribution in [0.5, 0.6) is 0 Å². The van der Waals surface area contributed by atoms with Gasteiger partial charge in [-0.25, -0.2) is 0 Å². The number of nitro benzene ring substituents is 1. The van der Waals surface area contributed by atoms with Gasteiger partial charge in [0, 0.05) is 58.3 Å². The number of nitro groups is 1. The van der Waals surface area contributed by atoms with E-state index in [0.717, 1.165) is 11.4 Å². The van der Waals surface area contributed by atoms with Crippen molar-refractivity contribution in [2.45, 2.75) is 6.92 Å². The Labute approximate surface area is 118 Å². The molecule has 0 spiro atoms. The Balaban J connectivity index is 2.42. The van der Waals surface area contributed by atoms with Crippen LogP contribution in [0.1, 0.15) is 5.69 Å². The molecule has 1 aromatic carbocycles. The number of nitrogens with one attached hydrogen (secondary N) is 1. The number of anilines is 1. The quantitative estimate of drug-likeness (QED) is 0.675. The molecule has 0 saturated carbocycles. The normalized spacial score (nSPS) is 12.3. The molecular weight excluding hydrogens is 278 g/mol. The topological polar surface area (TPSA) is 85.1 Å². The summed E-state index contributed by atoms with van der Waals surface area (Å²) in [7, 11) is -0.876. The molecule has 2 aromatic rings. The smallest absolute Gasteiger partial charge is 0.270 e. The number of fused-ring (bicyclic) bond motifs is 1. The first-order valence-corrected chi connectivity index (χ1v) is 7.80. The maximum absolute atomic E-state index is 11.1. The summed E-state index contributed by atoms with van der Waals surface area (Å²) < 4.78 is 11.1. The minimum atomic E-state index is -0.876. The van der Waals surface area contributed by atoms with E-state index in [1.165, 1.54) is 12.1 Å². The molecule has 0 radical (unpaired) electrons. The summed E-state index contributed by atoms with van der Waals surface area (Å²) in [6, 6.07) is 6.43. The predicted octanol–water partition coefficient (Wildman–Crippen LogP) is 2.24. The van der Waals surface area contributed by atoms with Gasteiger partial charge >= 0.3 is 0 Å². The lowest BCUT2D eigenvalue weighted by Crippen LogP contribution is -2.10. The zero-order valence-electron chi connectivity index (χ0n) is 11.3. The largest absolute Gasteiger partial charge is 0.384 e. The van der Waals surface area contributed by atoms with Gasteiger partial charge in [0.2, 0.25) is 0 Å². The standard InChI is InChI=1S/C13H15N3O3S/c1-9-7-13(14-5-6-20(2)19)11-8-10(16(17)18)3-4-12(11)15-9/h3-4,7-8H,5-6H2,1-2H3,(H,14,15). The Morgan fingerprint density at radius 1 is 1.40 bits per heavy atom. The molecule has 1 atom stereocenters. The number of pyridine rings is 1. The van der Waals surface area contributed by atoms with Gasteiger partial charge in [0.15, 0.2) is 0 Å². The SMILES string of the molecule is Cc1cc(NCCS(C)=O)c2cc([N+](=O)[O-])ccc2n1. The fourth-order valence-corrected chi connectivity index (χ4v) is 2.32. The summed E-state index contributed by atoms with van der Waals surface area (Å²) in [5, 5.41) is 14.7. The minimum absolute atomic E-state index is 0.0327. The fraction of sp³-hybridized carbons (Fsp3) is 0.308. The van der Waals surface area contributed by atoms with Crippen molar-refractivity contribution in [2.75, 3.05) is 23.9 Å². The van der Waals surface area contributed by atoms with Crippen molar-refractivity contribution in [2.24, 2.45) is 0 Å². The lowest BCUT2D eigenvalue weighted by Gasteiger charge is -2.10. The molecular formula is C13H15N3O3S. The molecule has 1 heterocycles. The van der Waals surface area contributed by atoms with Gasteiger partial charge in [-0.1, -0.05) is 0 Å². The van der Waals surface area contributed by atoms with Gasteiger partial charge in [-0.3, -0.25) is 19.3 Å². The van der Waals surface area contributed by atoms with Crippen LogP contribution >= 0.6 is 0 Å². The van der Waals surface area contributed by atoms with Gasteiger partial charge in [0.1, 0.15) is 0 Å². The van der Waals surface area contributed by atoms with Crippen LogP contribution in [0.25, 0.3) is 10.9 Å². The van der Waals surface area contributed by atoms with Crippen LogP contribution < -0.4 is 5.32 Å². The van der Waals surface area contributed by atoms with Crippen molar-refractivity contribution in [3.05, 3.63) is 40.1 Å². The lowest BCUT2D eigenvalue weighted by atomic mass is 10.1. The third-order valence-corrected chi connectivity index (χ3v) is 3.62. The van der Waals surface area contributed by atoms with Gasteiger partial charge in [0.25, 0.3) is 5.69 Å². The molecule has 1 N–H and O–H groups in total. The highest BCUT2D eigenvalue weighted by Crippen LogP contribution is 2.27. The number of hydrogen-bond acceptors (Lipinski definition) is 5. The second-order valence-electron chi connectivity index (χ2n) is 4.47. The Morgan fingerprint density at radius 2 is 2.15 bits per heavy atom. The average Bonchev–Trinajstić information content (AvgIpc) is 2.37. The summed E-state index contributed by atoms with van der Waals surface area (Å²) in [4.78, 5) is 14.8. The Hall–Kier alpha value is -2.02. The van der Waals surface area contributed by atoms with Crippen molar-refractivity contribution < 1.29 is 9.13 Å². The van der Waals surface area contributed by atoms with Crippen LogP contribution in [0.3, 0.4) is 0 Å². The first kappa shape index (κ1) is 14.4. The van der Waals surface area contributed by atoms with E-state index < -0.39 is 15.7 Å². The summed E-state index contributed by atoms with van der Waals surface area (Å²) in [6.07, 6.45) is 1.64. The highest BCUT2D eigenvalue weighted by atomic mass is 32.2. The average molecular weight is 293 g/mol. The van der Waals surface area contributed by atoms with E-state index in [1.807, 2.05) is 13.0 Å². The molecule has 0 aliphatic carbocycles. The molecule has 1 aromatic heterocycles. The predicted molar refractivity (Wildman–Crippen MR) is 80.6 cm³/mol. The van der Waals surface area contributed by atoms with E-state index in [1.54, 1.807) is 12.3 Å². The maximum Gasteiger partial charge on any atom is 0.270 e. The van der Waals surface area contributed by atoms with E-state index in [4.69, 9.17) is 0 Å². The molecule has 1 unspecified atom stereocenters. The van der Waals surface area contributed by atoms with Gasteiger partial charge in [-0.15, -0.1) is 0 Å². The number of rotatable bonds is 5. The number of hydrogen-bond donors (Lipinski definition) is 1. The van der Waals surface area contributed by atoms with E-state index in [0.29, 0.717) is 23.2 Å². The zero-order valence-corrected chi connectivity index (χ0v) is 12.1. The molecule has 7 heteroatoms. The summed E-state index contributed by atoms with van der Waals surface area (Å²) in [5.74, 6) is 0.526. The molecule has 20 heavy (non-hydrogen) atoms. The molecule has 6 nitrogen and oxygen atoms in total. The lowest BCUT2D eigenvalue weighted by molar-refractivity contribution is -0.384. The van der Waals surface area contributed by atoms with Gasteiger partial charge in [-0.05, 0) is 19.1 Å². The number of nitrogens with zero attached hydrogens (tertiary/aromatic N) is 2. The first-order valence-electron chi connectivity index (χ1n) is 6.07. The van der Waals surface area contributed by atoms with Crippen LogP contribution in [0.15, 0.2) is 24.3 Å². The molecule has 0 aliphatic rings. The summed E-state index contributed by atoms with van der Waals surface area (Å²) in [6.45, 7) is 2.41. The summed E-state index contributed by atoms with van der Waals surface area (Å²) >= 11 is 0. The second kappa shape index (κ2) is 5.96. The number of non-ortho nitro benzene ring substituents is 1. The van der Waals surface area contributed by atoms with E-state index in [-0.39, 0.29) is 5.69 Å². The van der Waals surface area contributed by atoms with Gasteiger partial charge < -0.3 is 5.32 Å². The molecule has 0 aliphatic heterocycles. The van der Waals surface area contributed by atoms with Gasteiger partial charge in [-0.2, -0.15) is 0 Å². The number of aryl methyl sites for hydroxylation is 1. The second-order valence-corrected chi connectivity index (χ2v) is 6.03. The highest BCUT2D eigenvalue weighted by molar-refractivity contribution is 7.84. The maximum atomic E-state index is 11.1. The third kappa shape index (κ3) is 3.30. The molecule has 0 fully saturated rings. The highest BCUT2D eigenvalue weighted by Gasteiger charge is 2.10. The third-order valence-electron chi connectivity index (χ3n) is 2.84. The number of aromatic nitrogens is 1. The molecule has 2 rings (SSSR count). The number of benzene rings is 1. The van der Waals surface area contributed by atoms with Crippen LogP contribution in [0.2, 0.25) is 0 Å². The Bertz CT molecular complexity index is 688. The van der Waals surface area contributed by atoms with Crippen LogP contribution in [0, 0.1) is 17.0 Å². The first-order chi connectivity index (χ1) is 9.47. The Morgan fingerprint density at radius 3 is 2.80 bits per heavy atom. The molecule has 0 amide bonds.